The van der Waals surface area contributed by atoms with E-state index >= 15 is 0 Å². The highest BCUT2D eigenvalue weighted by Gasteiger charge is 2.15. The first-order chi connectivity index (χ1) is 9.02. The molecule has 19 heavy (non-hydrogen) atoms. The van der Waals surface area contributed by atoms with Gasteiger partial charge in [-0.15, -0.1) is 0 Å². The summed E-state index contributed by atoms with van der Waals surface area (Å²) < 4.78 is 0. The van der Waals surface area contributed by atoms with Crippen LogP contribution in [0.1, 0.15) is 43.5 Å². The van der Waals surface area contributed by atoms with Crippen LogP contribution in [0.3, 0.4) is 0 Å². The second kappa shape index (κ2) is 5.55. The Morgan fingerprint density at radius 3 is 1.84 bits per heavy atom. The molecule has 2 aromatic carbocycles. The largest absolute Gasteiger partial charge is 0.271 e. The van der Waals surface area contributed by atoms with Crippen molar-refractivity contribution in [3.8, 4) is 0 Å². The highest BCUT2D eigenvalue weighted by Crippen LogP contribution is 2.26. The van der Waals surface area contributed by atoms with Gasteiger partial charge in [0.15, 0.2) is 0 Å². The van der Waals surface area contributed by atoms with Gasteiger partial charge in [-0.05, 0) is 22.1 Å². The highest BCUT2D eigenvalue weighted by molar-refractivity contribution is 5.35. The summed E-state index contributed by atoms with van der Waals surface area (Å²) in [4.78, 5) is 0. The van der Waals surface area contributed by atoms with Gasteiger partial charge in [-0.25, -0.2) is 5.43 Å². The molecule has 1 atom stereocenters. The van der Waals surface area contributed by atoms with Crippen LogP contribution in [0.4, 0.5) is 0 Å². The minimum atomic E-state index is 0.0372. The maximum Gasteiger partial charge on any atom is 0.0710 e. The molecule has 0 amide bonds. The van der Waals surface area contributed by atoms with E-state index in [1.54, 1.807) is 0 Å². The number of hydrogen-bond donors (Lipinski definition) is 2. The molecule has 2 heteroatoms. The van der Waals surface area contributed by atoms with E-state index < -0.39 is 0 Å². The zero-order chi connectivity index (χ0) is 13.9. The Bertz CT molecular complexity index is 509. The molecular formula is C17H22N2. The summed E-state index contributed by atoms with van der Waals surface area (Å²) in [7, 11) is 0. The van der Waals surface area contributed by atoms with Gasteiger partial charge in [0.05, 0.1) is 6.04 Å². The zero-order valence-electron chi connectivity index (χ0n) is 11.9. The van der Waals surface area contributed by atoms with E-state index in [0.717, 1.165) is 0 Å². The summed E-state index contributed by atoms with van der Waals surface area (Å²) >= 11 is 0. The first-order valence-corrected chi connectivity index (χ1v) is 6.64. The Morgan fingerprint density at radius 2 is 1.37 bits per heavy atom. The molecule has 1 unspecified atom stereocenters. The fourth-order valence-electron chi connectivity index (χ4n) is 2.21. The third kappa shape index (κ3) is 3.22. The van der Waals surface area contributed by atoms with Crippen molar-refractivity contribution in [2.75, 3.05) is 0 Å². The Hall–Kier alpha value is -1.64. The van der Waals surface area contributed by atoms with Crippen LogP contribution >= 0.6 is 0 Å². The molecule has 3 N–H and O–H groups in total. The van der Waals surface area contributed by atoms with Gasteiger partial charge in [0, 0.05) is 0 Å². The number of hydrogen-bond acceptors (Lipinski definition) is 2. The van der Waals surface area contributed by atoms with Crippen LogP contribution in [0.2, 0.25) is 0 Å². The third-order valence-corrected chi connectivity index (χ3v) is 3.41. The van der Waals surface area contributed by atoms with Gasteiger partial charge in [0.25, 0.3) is 0 Å². The predicted molar refractivity (Wildman–Crippen MR) is 80.8 cm³/mol. The highest BCUT2D eigenvalue weighted by atomic mass is 15.2. The Kier molecular flexibility index (Phi) is 4.03. The molecule has 0 heterocycles. The first kappa shape index (κ1) is 13.8. The smallest absolute Gasteiger partial charge is 0.0710 e. The van der Waals surface area contributed by atoms with Gasteiger partial charge in [0.1, 0.15) is 0 Å². The molecule has 0 spiro atoms. The van der Waals surface area contributed by atoms with Gasteiger partial charge in [-0.3, -0.25) is 5.84 Å². The van der Waals surface area contributed by atoms with E-state index in [9.17, 15) is 0 Å². The molecule has 0 aromatic heterocycles. The Balaban J connectivity index is 2.30. The van der Waals surface area contributed by atoms with Gasteiger partial charge < -0.3 is 0 Å². The van der Waals surface area contributed by atoms with Crippen LogP contribution in [0.5, 0.6) is 0 Å². The Labute approximate surface area is 115 Å². The van der Waals surface area contributed by atoms with Crippen molar-refractivity contribution in [3.63, 3.8) is 0 Å². The number of benzene rings is 2. The predicted octanol–water partition coefficient (Wildman–Crippen LogP) is 3.54. The molecule has 100 valence electrons. The molecule has 0 radical (unpaired) electrons. The molecule has 0 bridgehead atoms. The summed E-state index contributed by atoms with van der Waals surface area (Å²) in [5.74, 6) is 5.71. The lowest BCUT2D eigenvalue weighted by Gasteiger charge is -2.21. The SMILES string of the molecule is CC(C)(C)c1ccc(C(NN)c2ccccc2)cc1. The first-order valence-electron chi connectivity index (χ1n) is 6.64. The fraction of sp³-hybridized carbons (Fsp3) is 0.294. The molecule has 0 saturated carbocycles. The number of nitrogens with two attached hydrogens (primary N) is 1. The average molecular weight is 254 g/mol. The van der Waals surface area contributed by atoms with Crippen LogP contribution in [-0.2, 0) is 5.41 Å². The molecule has 2 nitrogen and oxygen atoms in total. The van der Waals surface area contributed by atoms with E-state index in [0.29, 0.717) is 0 Å². The summed E-state index contributed by atoms with van der Waals surface area (Å²) in [5, 5.41) is 0. The number of hydrazine groups is 1. The minimum absolute atomic E-state index is 0.0372. The molecule has 0 saturated heterocycles. The lowest BCUT2D eigenvalue weighted by molar-refractivity contribution is 0.588. The zero-order valence-corrected chi connectivity index (χ0v) is 11.9. The van der Waals surface area contributed by atoms with E-state index in [4.69, 9.17) is 5.84 Å². The van der Waals surface area contributed by atoms with Crippen LogP contribution in [0, 0.1) is 0 Å². The van der Waals surface area contributed by atoms with Crippen LogP contribution < -0.4 is 11.3 Å². The lowest BCUT2D eigenvalue weighted by atomic mass is 9.86. The van der Waals surface area contributed by atoms with Crippen LogP contribution in [-0.4, -0.2) is 0 Å². The standard InChI is InChI=1S/C17H22N2/c1-17(2,3)15-11-9-14(10-12-15)16(19-18)13-7-5-4-6-8-13/h4-12,16,19H,18H2,1-3H3. The normalized spacial score (nSPS) is 13.3. The molecule has 0 aliphatic carbocycles. The van der Waals surface area contributed by atoms with Crippen molar-refractivity contribution < 1.29 is 0 Å². The molecule has 0 aliphatic heterocycles. The quantitative estimate of drug-likeness (QED) is 0.649. The molecular weight excluding hydrogens is 232 g/mol. The Morgan fingerprint density at radius 1 is 0.842 bits per heavy atom. The monoisotopic (exact) mass is 254 g/mol. The van der Waals surface area contributed by atoms with Gasteiger partial charge in [-0.2, -0.15) is 0 Å². The minimum Gasteiger partial charge on any atom is -0.271 e. The van der Waals surface area contributed by atoms with Crippen LogP contribution in [0.15, 0.2) is 54.6 Å². The maximum atomic E-state index is 5.71. The second-order valence-corrected chi connectivity index (χ2v) is 5.88. The van der Waals surface area contributed by atoms with Gasteiger partial charge in [0.2, 0.25) is 0 Å². The fourth-order valence-corrected chi connectivity index (χ4v) is 2.21. The van der Waals surface area contributed by atoms with Crippen molar-refractivity contribution in [1.29, 1.82) is 0 Å². The summed E-state index contributed by atoms with van der Waals surface area (Å²) in [6.07, 6.45) is 0. The topological polar surface area (TPSA) is 38.0 Å². The van der Waals surface area contributed by atoms with E-state index in [1.807, 2.05) is 18.2 Å². The molecule has 0 aliphatic rings. The van der Waals surface area contributed by atoms with Crippen molar-refractivity contribution in [3.05, 3.63) is 71.3 Å². The molecule has 2 aromatic rings. The summed E-state index contributed by atoms with van der Waals surface area (Å²) in [6.45, 7) is 6.66. The number of nitrogens with one attached hydrogen (secondary N) is 1. The molecule has 2 rings (SSSR count). The lowest BCUT2D eigenvalue weighted by Crippen LogP contribution is -2.28. The second-order valence-electron chi connectivity index (χ2n) is 5.88. The maximum absolute atomic E-state index is 5.71. The van der Waals surface area contributed by atoms with E-state index in [-0.39, 0.29) is 11.5 Å². The van der Waals surface area contributed by atoms with Crippen LogP contribution in [0.25, 0.3) is 0 Å². The third-order valence-electron chi connectivity index (χ3n) is 3.41. The molecule has 0 fully saturated rings. The summed E-state index contributed by atoms with van der Waals surface area (Å²) in [6, 6.07) is 19.0. The van der Waals surface area contributed by atoms with Gasteiger partial charge >= 0.3 is 0 Å². The van der Waals surface area contributed by atoms with Gasteiger partial charge in [-0.1, -0.05) is 75.4 Å². The van der Waals surface area contributed by atoms with Crippen molar-refractivity contribution >= 4 is 0 Å². The van der Waals surface area contributed by atoms with E-state index in [1.165, 1.54) is 16.7 Å². The van der Waals surface area contributed by atoms with Crippen molar-refractivity contribution in [1.82, 2.24) is 5.43 Å². The average Bonchev–Trinajstić information content (AvgIpc) is 2.40. The van der Waals surface area contributed by atoms with Crippen molar-refractivity contribution in [2.24, 2.45) is 5.84 Å². The van der Waals surface area contributed by atoms with E-state index in [2.05, 4.69) is 62.6 Å². The number of rotatable bonds is 3. The van der Waals surface area contributed by atoms with Crippen molar-refractivity contribution in [2.45, 2.75) is 32.2 Å². The summed E-state index contributed by atoms with van der Waals surface area (Å²) in [5.41, 5.74) is 6.76.